The molecule has 1 aromatic carbocycles. The minimum Gasteiger partial charge on any atom is -0.478 e. The van der Waals surface area contributed by atoms with E-state index in [1.54, 1.807) is 18.2 Å². The van der Waals surface area contributed by atoms with Crippen molar-refractivity contribution in [2.24, 2.45) is 0 Å². The number of hydrogen-bond acceptors (Lipinski definition) is 2. The van der Waals surface area contributed by atoms with E-state index in [0.717, 1.165) is 5.76 Å². The number of aromatic carboxylic acids is 1. The fourth-order valence-corrected chi connectivity index (χ4v) is 1.38. The van der Waals surface area contributed by atoms with Gasteiger partial charge in [0.2, 0.25) is 0 Å². The predicted octanol–water partition coefficient (Wildman–Crippen LogP) is 2.61. The smallest absolute Gasteiger partial charge is 0.339 e. The zero-order valence-corrected chi connectivity index (χ0v) is 8.01. The molecule has 0 atom stereocenters. The van der Waals surface area contributed by atoms with Gasteiger partial charge in [-0.2, -0.15) is 0 Å². The quantitative estimate of drug-likeness (QED) is 0.819. The first-order chi connectivity index (χ1) is 7.27. The maximum Gasteiger partial charge on any atom is 0.339 e. The SMILES string of the molecule is O=C(O)c1ccccc1OC1=CC=CC1. The van der Waals surface area contributed by atoms with Crippen LogP contribution in [0.25, 0.3) is 0 Å². The number of allylic oxidation sites excluding steroid dienone is 3. The van der Waals surface area contributed by atoms with Crippen molar-refractivity contribution in [1.82, 2.24) is 0 Å². The summed E-state index contributed by atoms with van der Waals surface area (Å²) in [4.78, 5) is 10.9. The van der Waals surface area contributed by atoms with E-state index in [1.807, 2.05) is 18.2 Å². The van der Waals surface area contributed by atoms with E-state index in [9.17, 15) is 4.79 Å². The number of para-hydroxylation sites is 1. The van der Waals surface area contributed by atoms with Crippen LogP contribution in [0.2, 0.25) is 0 Å². The molecule has 0 unspecified atom stereocenters. The molecule has 15 heavy (non-hydrogen) atoms. The van der Waals surface area contributed by atoms with Gasteiger partial charge in [-0.25, -0.2) is 4.79 Å². The third-order valence-corrected chi connectivity index (χ3v) is 2.10. The van der Waals surface area contributed by atoms with E-state index in [2.05, 4.69) is 0 Å². The highest BCUT2D eigenvalue weighted by molar-refractivity contribution is 5.90. The van der Waals surface area contributed by atoms with Crippen molar-refractivity contribution in [3.63, 3.8) is 0 Å². The lowest BCUT2D eigenvalue weighted by Crippen LogP contribution is -2.01. The fourth-order valence-electron chi connectivity index (χ4n) is 1.38. The van der Waals surface area contributed by atoms with Crippen molar-refractivity contribution < 1.29 is 14.6 Å². The first kappa shape index (κ1) is 9.52. The Balaban J connectivity index is 2.24. The summed E-state index contributed by atoms with van der Waals surface area (Å²) in [5.41, 5.74) is 0.185. The molecule has 1 aromatic rings. The van der Waals surface area contributed by atoms with Gasteiger partial charge < -0.3 is 9.84 Å². The standard InChI is InChI=1S/C12H10O3/c13-12(14)10-7-3-4-8-11(10)15-9-5-1-2-6-9/h1-5,7-8H,6H2,(H,13,14). The van der Waals surface area contributed by atoms with E-state index in [-0.39, 0.29) is 5.56 Å². The van der Waals surface area contributed by atoms with E-state index in [1.165, 1.54) is 6.07 Å². The van der Waals surface area contributed by atoms with E-state index in [0.29, 0.717) is 12.2 Å². The molecular weight excluding hydrogens is 192 g/mol. The monoisotopic (exact) mass is 202 g/mol. The molecule has 0 fully saturated rings. The average Bonchev–Trinajstić information content (AvgIpc) is 2.71. The lowest BCUT2D eigenvalue weighted by molar-refractivity contribution is 0.0693. The first-order valence-corrected chi connectivity index (χ1v) is 4.63. The number of ether oxygens (including phenoxy) is 1. The van der Waals surface area contributed by atoms with Gasteiger partial charge in [-0.3, -0.25) is 0 Å². The molecule has 0 heterocycles. The molecule has 2 rings (SSSR count). The van der Waals surface area contributed by atoms with Gasteiger partial charge in [0.25, 0.3) is 0 Å². The van der Waals surface area contributed by atoms with Crippen LogP contribution in [-0.2, 0) is 0 Å². The van der Waals surface area contributed by atoms with Crippen molar-refractivity contribution in [3.8, 4) is 5.75 Å². The highest BCUT2D eigenvalue weighted by Gasteiger charge is 2.11. The third-order valence-electron chi connectivity index (χ3n) is 2.10. The normalized spacial score (nSPS) is 13.7. The molecule has 0 saturated carbocycles. The largest absolute Gasteiger partial charge is 0.478 e. The zero-order chi connectivity index (χ0) is 10.7. The Labute approximate surface area is 87.3 Å². The van der Waals surface area contributed by atoms with Gasteiger partial charge in [-0.15, -0.1) is 0 Å². The van der Waals surface area contributed by atoms with Crippen LogP contribution in [-0.4, -0.2) is 11.1 Å². The summed E-state index contributed by atoms with van der Waals surface area (Å²) in [6.45, 7) is 0. The Kier molecular flexibility index (Phi) is 2.54. The molecular formula is C12H10O3. The zero-order valence-electron chi connectivity index (χ0n) is 8.01. The summed E-state index contributed by atoms with van der Waals surface area (Å²) in [5, 5.41) is 8.92. The Morgan fingerprint density at radius 3 is 2.80 bits per heavy atom. The molecule has 76 valence electrons. The minimum atomic E-state index is -0.975. The van der Waals surface area contributed by atoms with Crippen molar-refractivity contribution >= 4 is 5.97 Å². The fraction of sp³-hybridized carbons (Fsp3) is 0.0833. The summed E-state index contributed by atoms with van der Waals surface area (Å²) >= 11 is 0. The third kappa shape index (κ3) is 2.07. The Bertz CT molecular complexity index is 444. The number of hydrogen-bond donors (Lipinski definition) is 1. The van der Waals surface area contributed by atoms with Crippen LogP contribution < -0.4 is 4.74 Å². The van der Waals surface area contributed by atoms with E-state index in [4.69, 9.17) is 9.84 Å². The van der Waals surface area contributed by atoms with Crippen LogP contribution in [0.4, 0.5) is 0 Å². The van der Waals surface area contributed by atoms with Crippen molar-refractivity contribution in [2.45, 2.75) is 6.42 Å². The summed E-state index contributed by atoms with van der Waals surface area (Å²) in [6, 6.07) is 6.62. The molecule has 3 nitrogen and oxygen atoms in total. The molecule has 0 aromatic heterocycles. The van der Waals surface area contributed by atoms with Crippen molar-refractivity contribution in [2.75, 3.05) is 0 Å². The molecule has 1 N–H and O–H groups in total. The molecule has 3 heteroatoms. The molecule has 0 radical (unpaired) electrons. The lowest BCUT2D eigenvalue weighted by Gasteiger charge is -2.08. The molecule has 0 bridgehead atoms. The number of carbonyl (C=O) groups is 1. The van der Waals surface area contributed by atoms with E-state index >= 15 is 0 Å². The maximum atomic E-state index is 10.9. The van der Waals surface area contributed by atoms with Crippen LogP contribution in [0, 0.1) is 0 Å². The summed E-state index contributed by atoms with van der Waals surface area (Å²) in [6.07, 6.45) is 6.39. The van der Waals surface area contributed by atoms with Crippen LogP contribution in [0.1, 0.15) is 16.8 Å². The minimum absolute atomic E-state index is 0.185. The summed E-state index contributed by atoms with van der Waals surface area (Å²) < 4.78 is 5.49. The van der Waals surface area contributed by atoms with Gasteiger partial charge in [0, 0.05) is 6.42 Å². The first-order valence-electron chi connectivity index (χ1n) is 4.63. The topological polar surface area (TPSA) is 46.5 Å². The predicted molar refractivity (Wildman–Crippen MR) is 55.9 cm³/mol. The number of benzene rings is 1. The van der Waals surface area contributed by atoms with Gasteiger partial charge in [-0.05, 0) is 18.2 Å². The number of carboxylic acids is 1. The van der Waals surface area contributed by atoms with Gasteiger partial charge in [0.1, 0.15) is 17.1 Å². The molecule has 1 aliphatic carbocycles. The van der Waals surface area contributed by atoms with Crippen LogP contribution in [0.15, 0.2) is 48.3 Å². The second-order valence-corrected chi connectivity index (χ2v) is 3.17. The average molecular weight is 202 g/mol. The summed E-state index contributed by atoms with van der Waals surface area (Å²) in [5.74, 6) is 0.181. The number of carboxylic acid groups (broad SMARTS) is 1. The second kappa shape index (κ2) is 4.00. The maximum absolute atomic E-state index is 10.9. The summed E-state index contributed by atoms with van der Waals surface area (Å²) in [7, 11) is 0. The Hall–Kier alpha value is -2.03. The Morgan fingerprint density at radius 2 is 2.13 bits per heavy atom. The van der Waals surface area contributed by atoms with E-state index < -0.39 is 5.97 Å². The molecule has 1 aliphatic rings. The Morgan fingerprint density at radius 1 is 1.33 bits per heavy atom. The highest BCUT2D eigenvalue weighted by atomic mass is 16.5. The van der Waals surface area contributed by atoms with Crippen LogP contribution in [0.5, 0.6) is 5.75 Å². The molecule has 0 aliphatic heterocycles. The van der Waals surface area contributed by atoms with Gasteiger partial charge in [0.05, 0.1) is 0 Å². The van der Waals surface area contributed by atoms with Gasteiger partial charge in [-0.1, -0.05) is 24.3 Å². The molecule has 0 amide bonds. The molecule has 0 spiro atoms. The van der Waals surface area contributed by atoms with Crippen LogP contribution >= 0.6 is 0 Å². The second-order valence-electron chi connectivity index (χ2n) is 3.17. The van der Waals surface area contributed by atoms with Crippen molar-refractivity contribution in [3.05, 3.63) is 53.8 Å². The number of rotatable bonds is 3. The highest BCUT2D eigenvalue weighted by Crippen LogP contribution is 2.23. The van der Waals surface area contributed by atoms with Gasteiger partial charge >= 0.3 is 5.97 Å². The van der Waals surface area contributed by atoms with Gasteiger partial charge in [0.15, 0.2) is 0 Å². The van der Waals surface area contributed by atoms with Crippen molar-refractivity contribution in [1.29, 1.82) is 0 Å². The lowest BCUT2D eigenvalue weighted by atomic mass is 10.2. The molecule has 0 saturated heterocycles. The van der Waals surface area contributed by atoms with Crippen LogP contribution in [0.3, 0.4) is 0 Å².